The summed E-state index contributed by atoms with van der Waals surface area (Å²) >= 11 is 0. The first-order chi connectivity index (χ1) is 15.6. The van der Waals surface area contributed by atoms with Crippen LogP contribution in [-0.4, -0.2) is 59.6 Å². The molecule has 1 heterocycles. The average Bonchev–Trinajstić information content (AvgIpc) is 3.26. The molecule has 0 aromatic heterocycles. The number of benzene rings is 2. The maximum atomic E-state index is 11.1. The van der Waals surface area contributed by atoms with Gasteiger partial charge in [-0.2, -0.15) is 0 Å². The van der Waals surface area contributed by atoms with Crippen molar-refractivity contribution in [3.8, 4) is 17.6 Å². The zero-order valence-electron chi connectivity index (χ0n) is 18.3. The van der Waals surface area contributed by atoms with Crippen LogP contribution in [0.4, 0.5) is 0 Å². The Morgan fingerprint density at radius 2 is 1.94 bits per heavy atom. The predicted octanol–water partition coefficient (Wildman–Crippen LogP) is 4.51. The molecule has 4 rings (SSSR count). The van der Waals surface area contributed by atoms with E-state index in [1.807, 2.05) is 24.3 Å². The van der Waals surface area contributed by atoms with E-state index in [0.717, 1.165) is 36.1 Å². The van der Waals surface area contributed by atoms with Gasteiger partial charge in [0.15, 0.2) is 5.79 Å². The third kappa shape index (κ3) is 6.72. The van der Waals surface area contributed by atoms with Gasteiger partial charge in [-0.05, 0) is 53.8 Å². The van der Waals surface area contributed by atoms with E-state index in [9.17, 15) is 4.79 Å². The molecule has 0 radical (unpaired) electrons. The first-order valence-corrected chi connectivity index (χ1v) is 11.0. The summed E-state index contributed by atoms with van der Waals surface area (Å²) in [7, 11) is 0. The van der Waals surface area contributed by atoms with Gasteiger partial charge in [0.25, 0.3) is 0 Å². The van der Waals surface area contributed by atoms with Gasteiger partial charge >= 0.3 is 35.5 Å². The second-order valence-corrected chi connectivity index (χ2v) is 8.14. The molecule has 0 saturated carbocycles. The third-order valence-corrected chi connectivity index (χ3v) is 5.93. The van der Waals surface area contributed by atoms with Gasteiger partial charge in [-0.15, -0.1) is 5.92 Å². The fourth-order valence-electron chi connectivity index (χ4n) is 4.25. The molecule has 1 fully saturated rings. The molecule has 1 atom stereocenters. The van der Waals surface area contributed by atoms with Crippen molar-refractivity contribution in [3.63, 3.8) is 0 Å². The minimum atomic E-state index is -0.857. The Bertz CT molecular complexity index is 1040. The Labute approximate surface area is 217 Å². The Morgan fingerprint density at radius 1 is 1.18 bits per heavy atom. The van der Waals surface area contributed by atoms with Crippen molar-refractivity contribution in [3.05, 3.63) is 71.3 Å². The molecular formula is C27H29NaO5. The monoisotopic (exact) mass is 456 g/mol. The Balaban J connectivity index is 0.00000306. The fourth-order valence-corrected chi connectivity index (χ4v) is 4.25. The van der Waals surface area contributed by atoms with Gasteiger partial charge in [-0.3, -0.25) is 4.79 Å². The number of ether oxygens (including phenoxy) is 3. The van der Waals surface area contributed by atoms with Crippen LogP contribution in [0.25, 0.3) is 5.57 Å². The third-order valence-electron chi connectivity index (χ3n) is 5.93. The second kappa shape index (κ2) is 11.9. The Hall–Kier alpha value is -2.07. The number of carboxylic acid groups (broad SMARTS) is 1. The van der Waals surface area contributed by atoms with Crippen molar-refractivity contribution in [1.29, 1.82) is 0 Å². The van der Waals surface area contributed by atoms with Gasteiger partial charge in [0, 0.05) is 12.8 Å². The van der Waals surface area contributed by atoms with E-state index in [4.69, 9.17) is 19.3 Å². The van der Waals surface area contributed by atoms with Gasteiger partial charge in [0.2, 0.25) is 0 Å². The summed E-state index contributed by atoms with van der Waals surface area (Å²) in [5.41, 5.74) is 4.52. The summed E-state index contributed by atoms with van der Waals surface area (Å²) in [4.78, 5) is 11.1. The van der Waals surface area contributed by atoms with Gasteiger partial charge in [0.05, 0.1) is 25.6 Å². The molecule has 5 nitrogen and oxygen atoms in total. The van der Waals surface area contributed by atoms with Crippen LogP contribution < -0.4 is 4.74 Å². The van der Waals surface area contributed by atoms with E-state index in [-0.39, 0.29) is 41.9 Å². The first kappa shape index (κ1) is 25.6. The van der Waals surface area contributed by atoms with Crippen LogP contribution >= 0.6 is 0 Å². The molecule has 6 heteroatoms. The van der Waals surface area contributed by atoms with E-state index in [2.05, 4.69) is 42.2 Å². The minimum absolute atomic E-state index is 0. The van der Waals surface area contributed by atoms with Gasteiger partial charge in [0.1, 0.15) is 12.4 Å². The number of hydrogen-bond acceptors (Lipinski definition) is 4. The van der Waals surface area contributed by atoms with Crippen LogP contribution in [0.1, 0.15) is 55.2 Å². The fraction of sp³-hybridized carbons (Fsp3) is 0.370. The van der Waals surface area contributed by atoms with Crippen LogP contribution in [0.5, 0.6) is 5.75 Å². The number of hydrogen-bond donors (Lipinski definition) is 1. The van der Waals surface area contributed by atoms with Crippen LogP contribution in [0, 0.1) is 11.8 Å². The Morgan fingerprint density at radius 3 is 2.58 bits per heavy atom. The van der Waals surface area contributed by atoms with E-state index in [0.29, 0.717) is 19.8 Å². The summed E-state index contributed by atoms with van der Waals surface area (Å²) in [6.07, 6.45) is 4.84. The molecule has 1 aliphatic heterocycles. The summed E-state index contributed by atoms with van der Waals surface area (Å²) in [6, 6.07) is 16.0. The summed E-state index contributed by atoms with van der Waals surface area (Å²) < 4.78 is 17.6. The number of rotatable bonds is 7. The molecular weight excluding hydrogens is 427 g/mol. The van der Waals surface area contributed by atoms with E-state index in [1.165, 1.54) is 11.1 Å². The van der Waals surface area contributed by atoms with E-state index in [1.54, 1.807) is 6.92 Å². The molecule has 1 spiro atoms. The molecule has 0 amide bonds. The van der Waals surface area contributed by atoms with Crippen molar-refractivity contribution in [2.45, 2.75) is 50.9 Å². The van der Waals surface area contributed by atoms with Crippen molar-refractivity contribution < 1.29 is 24.1 Å². The molecule has 0 bridgehead atoms. The van der Waals surface area contributed by atoms with Gasteiger partial charge in [-0.1, -0.05) is 42.3 Å². The SMILES string of the molecule is CC#C[C@@H](CC(=O)O)c1ccc(OCc2cccc(C3=CCC4(CC3)OCCO4)c2)cc1.[NaH]. The molecule has 2 aliphatic rings. The van der Waals surface area contributed by atoms with E-state index >= 15 is 0 Å². The zero-order valence-corrected chi connectivity index (χ0v) is 18.3. The first-order valence-electron chi connectivity index (χ1n) is 11.0. The molecule has 33 heavy (non-hydrogen) atoms. The maximum absolute atomic E-state index is 11.1. The standard InChI is InChI=1S/C27H28O5.Na.H/c1-2-4-23(18-26(28)29)21-7-9-25(10-8-21)30-19-20-5-3-6-24(17-20)22-11-13-27(14-12-22)31-15-16-32-27;;/h3,5-11,17,23H,12-16,18-19H2,1H3,(H,28,29);;/t23-;;/m0../s1. The second-order valence-electron chi connectivity index (χ2n) is 8.14. The van der Waals surface area contributed by atoms with E-state index < -0.39 is 11.8 Å². The average molecular weight is 457 g/mol. The molecule has 168 valence electrons. The zero-order chi connectivity index (χ0) is 22.4. The van der Waals surface area contributed by atoms with Crippen molar-refractivity contribution >= 4 is 41.1 Å². The molecule has 2 aromatic rings. The Kier molecular flexibility index (Phi) is 9.19. The van der Waals surface area contributed by atoms with Crippen LogP contribution in [0.15, 0.2) is 54.6 Å². The van der Waals surface area contributed by atoms with Crippen LogP contribution in [0.3, 0.4) is 0 Å². The predicted molar refractivity (Wildman–Crippen MR) is 129 cm³/mol. The molecule has 1 N–H and O–H groups in total. The number of carbonyl (C=O) groups is 1. The summed E-state index contributed by atoms with van der Waals surface area (Å²) in [5.74, 6) is 4.96. The quantitative estimate of drug-likeness (QED) is 0.491. The molecule has 1 aliphatic carbocycles. The number of aliphatic carboxylic acids is 1. The summed E-state index contributed by atoms with van der Waals surface area (Å²) in [5, 5.41) is 9.10. The summed E-state index contributed by atoms with van der Waals surface area (Å²) in [6.45, 7) is 3.55. The van der Waals surface area contributed by atoms with Crippen LogP contribution in [0.2, 0.25) is 0 Å². The normalized spacial score (nSPS) is 17.3. The molecule has 0 unspecified atom stereocenters. The van der Waals surface area contributed by atoms with Crippen LogP contribution in [-0.2, 0) is 20.9 Å². The number of allylic oxidation sites excluding steroid dienone is 1. The van der Waals surface area contributed by atoms with Crippen molar-refractivity contribution in [1.82, 2.24) is 0 Å². The molecule has 1 saturated heterocycles. The topological polar surface area (TPSA) is 65.0 Å². The van der Waals surface area contributed by atoms with Crippen molar-refractivity contribution in [2.24, 2.45) is 0 Å². The van der Waals surface area contributed by atoms with Gasteiger partial charge in [-0.25, -0.2) is 0 Å². The molecule has 2 aromatic carbocycles. The van der Waals surface area contributed by atoms with Crippen molar-refractivity contribution in [2.75, 3.05) is 13.2 Å². The van der Waals surface area contributed by atoms with Gasteiger partial charge < -0.3 is 19.3 Å². The number of carboxylic acids is 1.